The van der Waals surface area contributed by atoms with Gasteiger partial charge in [-0.3, -0.25) is 0 Å². The zero-order chi connectivity index (χ0) is 14.6. The van der Waals surface area contributed by atoms with Crippen LogP contribution in [0.2, 0.25) is 0 Å². The Morgan fingerprint density at radius 3 is 1.33 bits per heavy atom. The second kappa shape index (κ2) is 25.7. The van der Waals surface area contributed by atoms with E-state index in [4.69, 9.17) is 0 Å². The summed E-state index contributed by atoms with van der Waals surface area (Å²) in [5.41, 5.74) is 0. The molecule has 0 aromatic carbocycles. The molecule has 0 radical (unpaired) electrons. The molecule has 0 atom stereocenters. The zero-order valence-corrected chi connectivity index (χ0v) is 14.5. The van der Waals surface area contributed by atoms with E-state index >= 15 is 0 Å². The SMILES string of the molecule is CCC.CCC.CCCCCCN(C)CCCC. The summed E-state index contributed by atoms with van der Waals surface area (Å²) < 4.78 is 0. The van der Waals surface area contributed by atoms with Crippen molar-refractivity contribution in [1.82, 2.24) is 4.90 Å². The van der Waals surface area contributed by atoms with Crippen LogP contribution in [0.15, 0.2) is 0 Å². The molecule has 114 valence electrons. The van der Waals surface area contributed by atoms with Crippen molar-refractivity contribution < 1.29 is 0 Å². The van der Waals surface area contributed by atoms with Crippen molar-refractivity contribution in [1.29, 1.82) is 0 Å². The molecular formula is C17H41N. The summed E-state index contributed by atoms with van der Waals surface area (Å²) in [5, 5.41) is 0. The molecule has 0 amide bonds. The molecule has 1 heteroatoms. The third-order valence-corrected chi connectivity index (χ3v) is 2.29. The highest BCUT2D eigenvalue weighted by Gasteiger charge is 1.95. The molecule has 0 aromatic heterocycles. The van der Waals surface area contributed by atoms with Crippen LogP contribution < -0.4 is 0 Å². The van der Waals surface area contributed by atoms with Crippen molar-refractivity contribution in [2.75, 3.05) is 20.1 Å². The van der Waals surface area contributed by atoms with E-state index in [2.05, 4.69) is 53.5 Å². The van der Waals surface area contributed by atoms with Crippen LogP contribution in [0.1, 0.15) is 92.9 Å². The molecule has 0 aliphatic rings. The first-order chi connectivity index (χ1) is 8.64. The average Bonchev–Trinajstić information content (AvgIpc) is 2.34. The molecular weight excluding hydrogens is 218 g/mol. The number of unbranched alkanes of at least 4 members (excludes halogenated alkanes) is 4. The Morgan fingerprint density at radius 2 is 0.944 bits per heavy atom. The van der Waals surface area contributed by atoms with E-state index < -0.39 is 0 Å². The molecule has 0 unspecified atom stereocenters. The van der Waals surface area contributed by atoms with Crippen molar-refractivity contribution in [2.24, 2.45) is 0 Å². The van der Waals surface area contributed by atoms with Gasteiger partial charge in [0.15, 0.2) is 0 Å². The van der Waals surface area contributed by atoms with Gasteiger partial charge in [-0.25, -0.2) is 0 Å². The largest absolute Gasteiger partial charge is 0.306 e. The normalized spacial score (nSPS) is 9.33. The fourth-order valence-corrected chi connectivity index (χ4v) is 1.35. The quantitative estimate of drug-likeness (QED) is 0.474. The van der Waals surface area contributed by atoms with Crippen molar-refractivity contribution >= 4 is 0 Å². The highest BCUT2D eigenvalue weighted by molar-refractivity contribution is 4.51. The summed E-state index contributed by atoms with van der Waals surface area (Å²) in [7, 11) is 2.24. The van der Waals surface area contributed by atoms with Gasteiger partial charge in [-0.05, 0) is 33.0 Å². The highest BCUT2D eigenvalue weighted by Crippen LogP contribution is 2.00. The lowest BCUT2D eigenvalue weighted by atomic mass is 10.2. The van der Waals surface area contributed by atoms with Gasteiger partial charge in [-0.1, -0.05) is 80.1 Å². The van der Waals surface area contributed by atoms with E-state index in [9.17, 15) is 0 Å². The second-order valence-corrected chi connectivity index (χ2v) is 5.13. The summed E-state index contributed by atoms with van der Waals surface area (Å²) in [4.78, 5) is 2.46. The Hall–Kier alpha value is -0.0400. The van der Waals surface area contributed by atoms with Crippen LogP contribution in [0.3, 0.4) is 0 Å². The van der Waals surface area contributed by atoms with Gasteiger partial charge in [0, 0.05) is 0 Å². The minimum Gasteiger partial charge on any atom is -0.306 e. The number of nitrogens with zero attached hydrogens (tertiary/aromatic N) is 1. The Kier molecular flexibility index (Phi) is 33.0. The lowest BCUT2D eigenvalue weighted by Crippen LogP contribution is -2.20. The average molecular weight is 260 g/mol. The van der Waals surface area contributed by atoms with Gasteiger partial charge in [0.05, 0.1) is 0 Å². The first-order valence-corrected chi connectivity index (χ1v) is 8.32. The van der Waals surface area contributed by atoms with Gasteiger partial charge in [-0.2, -0.15) is 0 Å². The molecule has 0 bridgehead atoms. The Labute approximate surface area is 118 Å². The van der Waals surface area contributed by atoms with Gasteiger partial charge < -0.3 is 4.90 Å². The van der Waals surface area contributed by atoms with E-state index in [-0.39, 0.29) is 0 Å². The third kappa shape index (κ3) is 36.0. The predicted octanol–water partition coefficient (Wildman–Crippen LogP) is 6.13. The van der Waals surface area contributed by atoms with Gasteiger partial charge >= 0.3 is 0 Å². The molecule has 18 heavy (non-hydrogen) atoms. The van der Waals surface area contributed by atoms with Crippen LogP contribution >= 0.6 is 0 Å². The molecule has 0 spiro atoms. The molecule has 0 N–H and O–H groups in total. The molecule has 0 saturated heterocycles. The summed E-state index contributed by atoms with van der Waals surface area (Å²) in [6.07, 6.45) is 10.7. The van der Waals surface area contributed by atoms with Gasteiger partial charge in [0.1, 0.15) is 0 Å². The highest BCUT2D eigenvalue weighted by atomic mass is 15.1. The first kappa shape index (κ1) is 23.1. The Bertz CT molecular complexity index is 99.8. The fourth-order valence-electron chi connectivity index (χ4n) is 1.35. The molecule has 0 aromatic rings. The maximum Gasteiger partial charge on any atom is -0.00218 e. The molecule has 0 aliphatic carbocycles. The summed E-state index contributed by atoms with van der Waals surface area (Å²) in [6.45, 7) is 15.6. The number of hydrogen-bond donors (Lipinski definition) is 0. The van der Waals surface area contributed by atoms with Gasteiger partial charge in [0.25, 0.3) is 0 Å². The third-order valence-electron chi connectivity index (χ3n) is 2.29. The van der Waals surface area contributed by atoms with Crippen molar-refractivity contribution in [3.8, 4) is 0 Å². The van der Waals surface area contributed by atoms with Crippen LogP contribution in [0.4, 0.5) is 0 Å². The molecule has 0 heterocycles. The van der Waals surface area contributed by atoms with Crippen LogP contribution in [-0.4, -0.2) is 25.0 Å². The maximum absolute atomic E-state index is 2.46. The summed E-state index contributed by atoms with van der Waals surface area (Å²) in [5.74, 6) is 0. The smallest absolute Gasteiger partial charge is 0.00218 e. The minimum absolute atomic E-state index is 1.25. The fraction of sp³-hybridized carbons (Fsp3) is 1.00. The van der Waals surface area contributed by atoms with E-state index in [0.717, 1.165) is 0 Å². The van der Waals surface area contributed by atoms with Gasteiger partial charge in [-0.15, -0.1) is 0 Å². The maximum atomic E-state index is 2.46. The molecule has 0 rings (SSSR count). The minimum atomic E-state index is 1.25. The number of hydrogen-bond acceptors (Lipinski definition) is 1. The van der Waals surface area contributed by atoms with E-state index in [1.54, 1.807) is 0 Å². The van der Waals surface area contributed by atoms with E-state index in [1.807, 2.05) is 0 Å². The Morgan fingerprint density at radius 1 is 0.556 bits per heavy atom. The zero-order valence-electron chi connectivity index (χ0n) is 14.5. The summed E-state index contributed by atoms with van der Waals surface area (Å²) >= 11 is 0. The first-order valence-electron chi connectivity index (χ1n) is 8.32. The lowest BCUT2D eigenvalue weighted by molar-refractivity contribution is 0.319. The van der Waals surface area contributed by atoms with Crippen molar-refractivity contribution in [2.45, 2.75) is 92.9 Å². The van der Waals surface area contributed by atoms with Crippen molar-refractivity contribution in [3.63, 3.8) is 0 Å². The van der Waals surface area contributed by atoms with E-state index in [0.29, 0.717) is 0 Å². The van der Waals surface area contributed by atoms with Gasteiger partial charge in [0.2, 0.25) is 0 Å². The van der Waals surface area contributed by atoms with Crippen LogP contribution in [0.5, 0.6) is 0 Å². The molecule has 0 fully saturated rings. The predicted molar refractivity (Wildman–Crippen MR) is 88.5 cm³/mol. The molecule has 0 saturated carbocycles. The van der Waals surface area contributed by atoms with Crippen LogP contribution in [-0.2, 0) is 0 Å². The van der Waals surface area contributed by atoms with Crippen LogP contribution in [0, 0.1) is 0 Å². The lowest BCUT2D eigenvalue weighted by Gasteiger charge is -2.15. The molecule has 0 aliphatic heterocycles. The monoisotopic (exact) mass is 259 g/mol. The van der Waals surface area contributed by atoms with E-state index in [1.165, 1.54) is 64.5 Å². The second-order valence-electron chi connectivity index (χ2n) is 5.13. The van der Waals surface area contributed by atoms with Crippen LogP contribution in [0.25, 0.3) is 0 Å². The van der Waals surface area contributed by atoms with Crippen molar-refractivity contribution in [3.05, 3.63) is 0 Å². The summed E-state index contributed by atoms with van der Waals surface area (Å²) in [6, 6.07) is 0. The number of rotatable bonds is 8. The Balaban J connectivity index is -0.000000315. The topological polar surface area (TPSA) is 3.24 Å². The standard InChI is InChI=1S/C11H25N.2C3H8/c1-4-6-8-9-11-12(3)10-7-5-2;2*1-3-2/h4-11H2,1-3H3;2*3H2,1-2H3. The molecule has 1 nitrogen and oxygen atoms in total.